The molecule has 0 saturated carbocycles. The van der Waals surface area contributed by atoms with E-state index in [4.69, 9.17) is 0 Å². The number of nitrogens with one attached hydrogen (secondary N) is 2. The summed E-state index contributed by atoms with van der Waals surface area (Å²) in [5.41, 5.74) is 2.50. The molecule has 1 fully saturated rings. The van der Waals surface area contributed by atoms with Crippen LogP contribution in [0.5, 0.6) is 0 Å². The highest BCUT2D eigenvalue weighted by atomic mass is 35.5. The topological polar surface area (TPSA) is 78.5 Å². The molecular weight excluding hydrogens is 374 g/mol. The SMILES string of the molecule is CCNCCNC(=O)C1CCCN1S(=O)(=O)c1c(C)cc(C)cc1C.Cl. The van der Waals surface area contributed by atoms with Crippen molar-refractivity contribution in [2.45, 2.75) is 51.5 Å². The monoisotopic (exact) mass is 403 g/mol. The van der Waals surface area contributed by atoms with Gasteiger partial charge in [-0.3, -0.25) is 4.79 Å². The fourth-order valence-corrected chi connectivity index (χ4v) is 5.62. The largest absolute Gasteiger partial charge is 0.353 e. The Balaban J connectivity index is 0.00000338. The summed E-state index contributed by atoms with van der Waals surface area (Å²) in [6, 6.07) is 3.13. The van der Waals surface area contributed by atoms with Crippen molar-refractivity contribution in [2.75, 3.05) is 26.2 Å². The van der Waals surface area contributed by atoms with E-state index in [1.807, 2.05) is 39.8 Å². The zero-order chi connectivity index (χ0) is 18.6. The van der Waals surface area contributed by atoms with E-state index in [1.165, 1.54) is 4.31 Å². The first-order valence-electron chi connectivity index (χ1n) is 8.87. The molecule has 2 rings (SSSR count). The Bertz CT molecular complexity index is 714. The summed E-state index contributed by atoms with van der Waals surface area (Å²) in [7, 11) is -3.69. The minimum Gasteiger partial charge on any atom is -0.353 e. The third-order valence-electron chi connectivity index (χ3n) is 4.53. The van der Waals surface area contributed by atoms with Crippen LogP contribution in [0.1, 0.15) is 36.5 Å². The lowest BCUT2D eigenvalue weighted by Crippen LogP contribution is -2.47. The summed E-state index contributed by atoms with van der Waals surface area (Å²) in [4.78, 5) is 12.8. The number of likely N-dealkylation sites (N-methyl/N-ethyl adjacent to an activating group) is 1. The third-order valence-corrected chi connectivity index (χ3v) is 6.74. The van der Waals surface area contributed by atoms with Crippen LogP contribution in [0.2, 0.25) is 0 Å². The summed E-state index contributed by atoms with van der Waals surface area (Å²) in [6.07, 6.45) is 1.27. The van der Waals surface area contributed by atoms with Gasteiger partial charge in [0.25, 0.3) is 0 Å². The molecule has 0 spiro atoms. The highest BCUT2D eigenvalue weighted by Crippen LogP contribution is 2.30. The van der Waals surface area contributed by atoms with Gasteiger partial charge in [0, 0.05) is 19.6 Å². The van der Waals surface area contributed by atoms with Crippen LogP contribution in [0.25, 0.3) is 0 Å². The van der Waals surface area contributed by atoms with Crippen molar-refractivity contribution in [3.8, 4) is 0 Å². The quantitative estimate of drug-likeness (QED) is 0.681. The Kier molecular flexibility index (Phi) is 8.53. The number of benzene rings is 1. The van der Waals surface area contributed by atoms with Crippen LogP contribution in [0, 0.1) is 20.8 Å². The molecule has 2 N–H and O–H groups in total. The molecule has 1 saturated heterocycles. The number of hydrogen-bond acceptors (Lipinski definition) is 4. The van der Waals surface area contributed by atoms with E-state index in [1.54, 1.807) is 0 Å². The van der Waals surface area contributed by atoms with Gasteiger partial charge >= 0.3 is 0 Å². The molecule has 1 aromatic carbocycles. The van der Waals surface area contributed by atoms with Gasteiger partial charge in [0.15, 0.2) is 0 Å². The zero-order valence-corrected chi connectivity index (χ0v) is 17.6. The number of carbonyl (C=O) groups excluding carboxylic acids is 1. The van der Waals surface area contributed by atoms with Crippen molar-refractivity contribution >= 4 is 28.3 Å². The predicted octanol–water partition coefficient (Wildman–Crippen LogP) is 1.91. The minimum absolute atomic E-state index is 0. The van der Waals surface area contributed by atoms with Crippen LogP contribution in [-0.2, 0) is 14.8 Å². The van der Waals surface area contributed by atoms with Crippen LogP contribution < -0.4 is 10.6 Å². The number of rotatable bonds is 7. The molecule has 8 heteroatoms. The van der Waals surface area contributed by atoms with Gasteiger partial charge in [0.05, 0.1) is 4.90 Å². The van der Waals surface area contributed by atoms with E-state index < -0.39 is 16.1 Å². The molecule has 1 aliphatic rings. The van der Waals surface area contributed by atoms with E-state index in [9.17, 15) is 13.2 Å². The van der Waals surface area contributed by atoms with Crippen LogP contribution in [0.15, 0.2) is 17.0 Å². The Hall–Kier alpha value is -1.15. The van der Waals surface area contributed by atoms with Crippen LogP contribution in [0.4, 0.5) is 0 Å². The maximum Gasteiger partial charge on any atom is 0.244 e. The Morgan fingerprint density at radius 3 is 2.38 bits per heavy atom. The first kappa shape index (κ1) is 22.9. The molecule has 0 radical (unpaired) electrons. The molecule has 1 amide bonds. The maximum absolute atomic E-state index is 13.2. The lowest BCUT2D eigenvalue weighted by Gasteiger charge is -2.25. The van der Waals surface area contributed by atoms with Crippen LogP contribution >= 0.6 is 12.4 Å². The van der Waals surface area contributed by atoms with Crippen LogP contribution in [-0.4, -0.2) is 50.9 Å². The van der Waals surface area contributed by atoms with Gasteiger partial charge in [-0.1, -0.05) is 24.6 Å². The molecule has 148 valence electrons. The average molecular weight is 404 g/mol. The smallest absolute Gasteiger partial charge is 0.244 e. The maximum atomic E-state index is 13.2. The molecule has 1 aliphatic heterocycles. The van der Waals surface area contributed by atoms with Crippen molar-refractivity contribution < 1.29 is 13.2 Å². The van der Waals surface area contributed by atoms with E-state index in [2.05, 4.69) is 10.6 Å². The second kappa shape index (κ2) is 9.69. The third kappa shape index (κ3) is 4.97. The molecule has 1 heterocycles. The van der Waals surface area contributed by atoms with Gasteiger partial charge in [0.1, 0.15) is 6.04 Å². The molecule has 0 bridgehead atoms. The molecular formula is C18H30ClN3O3S. The van der Waals surface area contributed by atoms with Crippen molar-refractivity contribution in [3.63, 3.8) is 0 Å². The molecule has 6 nitrogen and oxygen atoms in total. The number of aryl methyl sites for hydroxylation is 3. The van der Waals surface area contributed by atoms with Gasteiger partial charge in [-0.25, -0.2) is 8.42 Å². The second-order valence-corrected chi connectivity index (χ2v) is 8.47. The average Bonchev–Trinajstić information content (AvgIpc) is 3.00. The number of halogens is 1. The fraction of sp³-hybridized carbons (Fsp3) is 0.611. The molecule has 1 unspecified atom stereocenters. The summed E-state index contributed by atoms with van der Waals surface area (Å²) in [6.45, 7) is 9.98. The standard InChI is InChI=1S/C18H29N3O3S.ClH/c1-5-19-8-9-20-18(22)16-7-6-10-21(16)25(23,24)17-14(3)11-13(2)12-15(17)4;/h11-12,16,19H,5-10H2,1-4H3,(H,20,22);1H. The number of sulfonamides is 1. The van der Waals surface area contributed by atoms with Gasteiger partial charge in [-0.15, -0.1) is 12.4 Å². The predicted molar refractivity (Wildman–Crippen MR) is 106 cm³/mol. The first-order valence-corrected chi connectivity index (χ1v) is 10.3. The summed E-state index contributed by atoms with van der Waals surface area (Å²) < 4.78 is 27.8. The highest BCUT2D eigenvalue weighted by Gasteiger charge is 2.40. The van der Waals surface area contributed by atoms with Gasteiger partial charge in [0.2, 0.25) is 15.9 Å². The molecule has 26 heavy (non-hydrogen) atoms. The first-order chi connectivity index (χ1) is 11.8. The van der Waals surface area contributed by atoms with Crippen LogP contribution in [0.3, 0.4) is 0 Å². The molecule has 1 aromatic rings. The molecule has 1 atom stereocenters. The number of amides is 1. The Morgan fingerprint density at radius 2 is 1.81 bits per heavy atom. The van der Waals surface area contributed by atoms with E-state index in [0.717, 1.165) is 23.2 Å². The van der Waals surface area contributed by atoms with E-state index >= 15 is 0 Å². The minimum atomic E-state index is -3.69. The number of hydrogen-bond donors (Lipinski definition) is 2. The highest BCUT2D eigenvalue weighted by molar-refractivity contribution is 7.89. The lowest BCUT2D eigenvalue weighted by molar-refractivity contribution is -0.124. The Labute approximate surface area is 163 Å². The normalized spacial score (nSPS) is 17.8. The summed E-state index contributed by atoms with van der Waals surface area (Å²) >= 11 is 0. The van der Waals surface area contributed by atoms with Crippen molar-refractivity contribution in [3.05, 3.63) is 28.8 Å². The van der Waals surface area contributed by atoms with Gasteiger partial charge in [-0.05, 0) is 51.3 Å². The van der Waals surface area contributed by atoms with E-state index in [0.29, 0.717) is 37.4 Å². The lowest BCUT2D eigenvalue weighted by atomic mass is 10.1. The summed E-state index contributed by atoms with van der Waals surface area (Å²) in [5, 5.41) is 5.98. The molecule has 0 aromatic heterocycles. The summed E-state index contributed by atoms with van der Waals surface area (Å²) in [5.74, 6) is -0.207. The fourth-order valence-electron chi connectivity index (χ4n) is 3.55. The van der Waals surface area contributed by atoms with Crippen molar-refractivity contribution in [1.82, 2.24) is 14.9 Å². The van der Waals surface area contributed by atoms with Crippen molar-refractivity contribution in [2.24, 2.45) is 0 Å². The van der Waals surface area contributed by atoms with Gasteiger partial charge in [-0.2, -0.15) is 4.31 Å². The number of nitrogens with zero attached hydrogens (tertiary/aromatic N) is 1. The second-order valence-electron chi connectivity index (χ2n) is 6.65. The molecule has 0 aliphatic carbocycles. The van der Waals surface area contributed by atoms with E-state index in [-0.39, 0.29) is 18.3 Å². The number of carbonyl (C=O) groups is 1. The Morgan fingerprint density at radius 1 is 1.19 bits per heavy atom. The zero-order valence-electron chi connectivity index (χ0n) is 16.0. The van der Waals surface area contributed by atoms with Crippen molar-refractivity contribution in [1.29, 1.82) is 0 Å². The van der Waals surface area contributed by atoms with Gasteiger partial charge < -0.3 is 10.6 Å².